The lowest BCUT2D eigenvalue weighted by molar-refractivity contribution is 0.166. The summed E-state index contributed by atoms with van der Waals surface area (Å²) >= 11 is 0. The Hall–Kier alpha value is -1.91. The van der Waals surface area contributed by atoms with Gasteiger partial charge in [0.15, 0.2) is 0 Å². The molecule has 4 heteroatoms. The molecule has 1 atom stereocenters. The van der Waals surface area contributed by atoms with Crippen molar-refractivity contribution in [3.63, 3.8) is 0 Å². The number of hydrogen-bond donors (Lipinski definition) is 0. The zero-order valence-corrected chi connectivity index (χ0v) is 15.1. The second kappa shape index (κ2) is 8.27. The molecule has 2 aromatic carbocycles. The van der Waals surface area contributed by atoms with Gasteiger partial charge in [0.2, 0.25) is 0 Å². The minimum absolute atomic E-state index is 0.133. The summed E-state index contributed by atoms with van der Waals surface area (Å²) in [6.07, 6.45) is 0.947. The van der Waals surface area contributed by atoms with Crippen LogP contribution in [0.15, 0.2) is 65.8 Å². The molecule has 1 aliphatic rings. The van der Waals surface area contributed by atoms with Crippen molar-refractivity contribution in [2.75, 3.05) is 12.5 Å². The van der Waals surface area contributed by atoms with E-state index in [0.717, 1.165) is 13.0 Å². The molecule has 1 aliphatic heterocycles. The highest BCUT2D eigenvalue weighted by molar-refractivity contribution is 8.15. The van der Waals surface area contributed by atoms with Crippen LogP contribution in [0, 0.1) is 0 Å². The average Bonchev–Trinajstić information content (AvgIpc) is 3.01. The maximum absolute atomic E-state index is 6.06. The highest BCUT2D eigenvalue weighted by atomic mass is 32.2. The van der Waals surface area contributed by atoms with E-state index in [4.69, 9.17) is 9.84 Å². The van der Waals surface area contributed by atoms with Gasteiger partial charge in [-0.1, -0.05) is 67.6 Å². The van der Waals surface area contributed by atoms with Crippen LogP contribution in [0.4, 0.5) is 0 Å². The Balaban J connectivity index is 1.82. The third kappa shape index (κ3) is 3.77. The van der Waals surface area contributed by atoms with Crippen molar-refractivity contribution in [3.05, 3.63) is 71.8 Å². The van der Waals surface area contributed by atoms with Gasteiger partial charge in [0.1, 0.15) is 5.94 Å². The van der Waals surface area contributed by atoms with Gasteiger partial charge in [-0.25, -0.2) is 4.41 Å². The van der Waals surface area contributed by atoms with E-state index >= 15 is 0 Å². The quantitative estimate of drug-likeness (QED) is 0.684. The van der Waals surface area contributed by atoms with Crippen LogP contribution in [0.2, 0.25) is 0 Å². The standard InChI is InChI=1S/C20H24N2OS/c1-3-19-20(18-13-9-6-10-14-18)24(22(4-2)21-19)16-23-15-17-11-7-5-8-12-17/h5-14H,3-4,15-16H2,1-2H3. The van der Waals surface area contributed by atoms with Crippen LogP contribution in [0.1, 0.15) is 31.4 Å². The van der Waals surface area contributed by atoms with Crippen molar-refractivity contribution >= 4 is 21.2 Å². The van der Waals surface area contributed by atoms with Gasteiger partial charge in [0.05, 0.1) is 17.2 Å². The summed E-state index contributed by atoms with van der Waals surface area (Å²) < 4.78 is 8.24. The maximum Gasteiger partial charge on any atom is 0.107 e. The smallest absolute Gasteiger partial charge is 0.107 e. The molecule has 24 heavy (non-hydrogen) atoms. The van der Waals surface area contributed by atoms with Gasteiger partial charge in [-0.15, -0.1) is 0 Å². The van der Waals surface area contributed by atoms with E-state index < -0.39 is 0 Å². The zero-order chi connectivity index (χ0) is 16.8. The molecule has 0 radical (unpaired) electrons. The molecular formula is C20H24N2OS. The van der Waals surface area contributed by atoms with Crippen LogP contribution in [-0.2, 0) is 11.3 Å². The highest BCUT2D eigenvalue weighted by Crippen LogP contribution is 2.32. The van der Waals surface area contributed by atoms with Gasteiger partial charge in [-0.05, 0) is 35.1 Å². The normalized spacial score (nSPS) is 17.2. The minimum atomic E-state index is -0.133. The largest absolute Gasteiger partial charge is 0.365 e. The molecule has 1 unspecified atom stereocenters. The lowest BCUT2D eigenvalue weighted by Gasteiger charge is -2.19. The summed E-state index contributed by atoms with van der Waals surface area (Å²) in [6.45, 7) is 5.87. The summed E-state index contributed by atoms with van der Waals surface area (Å²) in [6, 6.07) is 20.9. The van der Waals surface area contributed by atoms with E-state index in [9.17, 15) is 0 Å². The molecule has 0 fully saturated rings. The molecule has 3 rings (SSSR count). The molecule has 0 bridgehead atoms. The molecule has 0 N–H and O–H groups in total. The third-order valence-corrected chi connectivity index (χ3v) is 6.11. The molecule has 0 saturated carbocycles. The lowest BCUT2D eigenvalue weighted by atomic mass is 10.1. The highest BCUT2D eigenvalue weighted by Gasteiger charge is 2.24. The van der Waals surface area contributed by atoms with Gasteiger partial charge >= 0.3 is 0 Å². The number of ether oxygens (including phenoxy) is 1. The van der Waals surface area contributed by atoms with E-state index in [-0.39, 0.29) is 10.7 Å². The second-order valence-corrected chi connectivity index (χ2v) is 7.38. The van der Waals surface area contributed by atoms with Crippen molar-refractivity contribution in [3.8, 4) is 0 Å². The zero-order valence-electron chi connectivity index (χ0n) is 14.3. The fourth-order valence-electron chi connectivity index (χ4n) is 2.75. The van der Waals surface area contributed by atoms with Crippen LogP contribution in [0.25, 0.3) is 0 Å². The number of hydrazone groups is 1. The lowest BCUT2D eigenvalue weighted by Crippen LogP contribution is -2.14. The van der Waals surface area contributed by atoms with Crippen LogP contribution >= 0.6 is 10.7 Å². The van der Waals surface area contributed by atoms with Crippen molar-refractivity contribution in [1.29, 1.82) is 0 Å². The molecular weight excluding hydrogens is 316 g/mol. The SMILES string of the molecule is CCC1=NN(CC)S(COCc2ccccc2)=C1c1ccccc1. The van der Waals surface area contributed by atoms with E-state index in [0.29, 0.717) is 12.5 Å². The minimum Gasteiger partial charge on any atom is -0.365 e. The summed E-state index contributed by atoms with van der Waals surface area (Å²) in [4.78, 5) is 1.34. The average molecular weight is 340 g/mol. The topological polar surface area (TPSA) is 24.8 Å². The summed E-state index contributed by atoms with van der Waals surface area (Å²) in [5.74, 6) is 0.681. The second-order valence-electron chi connectivity index (χ2n) is 5.58. The Labute approximate surface area is 147 Å². The molecule has 0 saturated heterocycles. The van der Waals surface area contributed by atoms with Crippen molar-refractivity contribution in [1.82, 2.24) is 4.41 Å². The van der Waals surface area contributed by atoms with Crippen molar-refractivity contribution in [2.24, 2.45) is 5.10 Å². The Kier molecular flexibility index (Phi) is 5.83. The number of benzene rings is 2. The summed E-state index contributed by atoms with van der Waals surface area (Å²) in [5, 5.41) is 4.84. The van der Waals surface area contributed by atoms with E-state index in [2.05, 4.69) is 72.9 Å². The van der Waals surface area contributed by atoms with Crippen LogP contribution in [-0.4, -0.2) is 27.5 Å². The molecule has 2 aromatic rings. The number of rotatable bonds is 7. The van der Waals surface area contributed by atoms with E-state index in [1.165, 1.54) is 21.7 Å². The van der Waals surface area contributed by atoms with E-state index in [1.54, 1.807) is 0 Å². The molecule has 0 spiro atoms. The Morgan fingerprint density at radius 3 is 2.25 bits per heavy atom. The van der Waals surface area contributed by atoms with Crippen LogP contribution in [0.3, 0.4) is 0 Å². The Bertz CT molecular complexity index is 726. The first-order valence-electron chi connectivity index (χ1n) is 8.44. The van der Waals surface area contributed by atoms with Crippen LogP contribution < -0.4 is 0 Å². The van der Waals surface area contributed by atoms with Gasteiger partial charge in [0, 0.05) is 6.54 Å². The van der Waals surface area contributed by atoms with Gasteiger partial charge < -0.3 is 4.74 Å². The summed E-state index contributed by atoms with van der Waals surface area (Å²) in [7, 11) is -0.133. The van der Waals surface area contributed by atoms with Gasteiger partial charge in [0.25, 0.3) is 0 Å². The first-order chi connectivity index (χ1) is 11.8. The van der Waals surface area contributed by atoms with E-state index in [1.807, 2.05) is 6.07 Å². The van der Waals surface area contributed by atoms with Crippen molar-refractivity contribution in [2.45, 2.75) is 26.9 Å². The van der Waals surface area contributed by atoms with Crippen molar-refractivity contribution < 1.29 is 4.74 Å². The summed E-state index contributed by atoms with van der Waals surface area (Å²) in [5.41, 5.74) is 3.66. The predicted octanol–water partition coefficient (Wildman–Crippen LogP) is 4.67. The molecule has 0 amide bonds. The molecule has 126 valence electrons. The Morgan fingerprint density at radius 2 is 1.62 bits per heavy atom. The number of nitrogens with zero attached hydrogens (tertiary/aromatic N) is 2. The first-order valence-corrected chi connectivity index (χ1v) is 9.79. The molecule has 3 nitrogen and oxygen atoms in total. The first kappa shape index (κ1) is 16.9. The Morgan fingerprint density at radius 1 is 0.958 bits per heavy atom. The monoisotopic (exact) mass is 340 g/mol. The predicted molar refractivity (Wildman–Crippen MR) is 104 cm³/mol. The van der Waals surface area contributed by atoms with Gasteiger partial charge in [-0.2, -0.15) is 5.10 Å². The molecule has 1 heterocycles. The number of hydrogen-bond acceptors (Lipinski definition) is 3. The van der Waals surface area contributed by atoms with Crippen LogP contribution in [0.5, 0.6) is 0 Å². The third-order valence-electron chi connectivity index (χ3n) is 3.93. The fourth-order valence-corrected chi connectivity index (χ4v) is 4.82. The molecule has 0 aliphatic carbocycles. The fraction of sp³-hybridized carbons (Fsp3) is 0.300. The maximum atomic E-state index is 6.06. The van der Waals surface area contributed by atoms with Gasteiger partial charge in [-0.3, -0.25) is 0 Å². The molecule has 0 aromatic heterocycles.